The lowest BCUT2D eigenvalue weighted by Gasteiger charge is -2.19. The Labute approximate surface area is 200 Å². The van der Waals surface area contributed by atoms with Crippen LogP contribution in [0.1, 0.15) is 18.5 Å². The number of rotatable bonds is 6. The van der Waals surface area contributed by atoms with Gasteiger partial charge in [0, 0.05) is 37.2 Å². The van der Waals surface area contributed by atoms with E-state index in [2.05, 4.69) is 9.98 Å². The zero-order valence-corrected chi connectivity index (χ0v) is 20.4. The number of fused-ring (bicyclic) bond motifs is 1. The summed E-state index contributed by atoms with van der Waals surface area (Å²) in [4.78, 5) is 22.2. The van der Waals surface area contributed by atoms with E-state index in [1.165, 1.54) is 15.6 Å². The summed E-state index contributed by atoms with van der Waals surface area (Å²) in [7, 11) is -2.09. The molecule has 0 bridgehead atoms. The number of aliphatic hydroxyl groups excluding tert-OH is 1. The lowest BCUT2D eigenvalue weighted by atomic mass is 10.2. The highest BCUT2D eigenvalue weighted by Crippen LogP contribution is 2.34. The van der Waals surface area contributed by atoms with Crippen molar-refractivity contribution in [3.63, 3.8) is 0 Å². The van der Waals surface area contributed by atoms with Gasteiger partial charge in [0.05, 0.1) is 29.5 Å². The van der Waals surface area contributed by atoms with Crippen LogP contribution in [0.25, 0.3) is 10.9 Å². The molecule has 2 atom stereocenters. The van der Waals surface area contributed by atoms with Gasteiger partial charge in [-0.15, -0.1) is 11.3 Å². The van der Waals surface area contributed by atoms with Gasteiger partial charge < -0.3 is 15.0 Å². The molecule has 1 fully saturated rings. The lowest BCUT2D eigenvalue weighted by molar-refractivity contribution is -0.130. The summed E-state index contributed by atoms with van der Waals surface area (Å²) in [6.45, 7) is 1.57. The Hall–Kier alpha value is -2.34. The molecule has 1 saturated heterocycles. The summed E-state index contributed by atoms with van der Waals surface area (Å²) >= 11 is 2.75. The van der Waals surface area contributed by atoms with Crippen molar-refractivity contribution in [2.24, 2.45) is 4.99 Å². The smallest absolute Gasteiger partial charge is 0.273 e. The molecule has 0 aliphatic carbocycles. The van der Waals surface area contributed by atoms with Crippen LogP contribution in [0.5, 0.6) is 0 Å². The molecule has 11 heteroatoms. The molecule has 174 valence electrons. The van der Waals surface area contributed by atoms with Crippen molar-refractivity contribution >= 4 is 60.7 Å². The summed E-state index contributed by atoms with van der Waals surface area (Å²) in [5.41, 5.74) is 2.11. The van der Waals surface area contributed by atoms with E-state index in [0.29, 0.717) is 42.4 Å². The van der Waals surface area contributed by atoms with Gasteiger partial charge >= 0.3 is 0 Å². The van der Waals surface area contributed by atoms with Gasteiger partial charge in [0.25, 0.3) is 10.0 Å². The van der Waals surface area contributed by atoms with E-state index >= 15 is 0 Å². The predicted octanol–water partition coefficient (Wildman–Crippen LogP) is 2.90. The van der Waals surface area contributed by atoms with Crippen molar-refractivity contribution in [2.75, 3.05) is 31.0 Å². The van der Waals surface area contributed by atoms with Crippen LogP contribution in [0.3, 0.4) is 0 Å². The lowest BCUT2D eigenvalue weighted by Crippen LogP contribution is -2.31. The first kappa shape index (κ1) is 22.5. The molecule has 2 aromatic heterocycles. The molecule has 2 unspecified atom stereocenters. The molecular formula is C22H24N4O4S3. The van der Waals surface area contributed by atoms with Gasteiger partial charge in [-0.05, 0) is 30.0 Å². The van der Waals surface area contributed by atoms with Gasteiger partial charge in [-0.3, -0.25) is 14.1 Å². The number of likely N-dealkylation sites (tertiary alicyclic amines) is 1. The molecule has 0 spiro atoms. The Balaban J connectivity index is 1.34. The fraction of sp³-hybridized carbons (Fsp3) is 0.364. The Morgan fingerprint density at radius 2 is 2.18 bits per heavy atom. The van der Waals surface area contributed by atoms with Gasteiger partial charge in [0.15, 0.2) is 0 Å². The fourth-order valence-corrected chi connectivity index (χ4v) is 7.60. The zero-order chi connectivity index (χ0) is 23.2. The molecule has 5 rings (SSSR count). The number of H-pyrrole nitrogens is 1. The Kier molecular flexibility index (Phi) is 5.98. The number of carbonyl (C=O) groups excluding carboxylic acids is 1. The fourth-order valence-electron chi connectivity index (χ4n) is 4.16. The van der Waals surface area contributed by atoms with E-state index in [0.717, 1.165) is 21.6 Å². The number of nitrogens with one attached hydrogen (secondary N) is 1. The highest BCUT2D eigenvalue weighted by Gasteiger charge is 2.30. The molecular weight excluding hydrogens is 480 g/mol. The van der Waals surface area contributed by atoms with Crippen molar-refractivity contribution in [3.05, 3.63) is 47.5 Å². The van der Waals surface area contributed by atoms with Crippen molar-refractivity contribution in [1.82, 2.24) is 9.88 Å². The number of para-hydroxylation sites is 1. The molecule has 2 aliphatic rings. The van der Waals surface area contributed by atoms with Gasteiger partial charge in [-0.1, -0.05) is 30.0 Å². The van der Waals surface area contributed by atoms with Crippen molar-refractivity contribution in [2.45, 2.75) is 28.4 Å². The highest BCUT2D eigenvalue weighted by atomic mass is 32.2. The third kappa shape index (κ3) is 4.30. The van der Waals surface area contributed by atoms with Gasteiger partial charge in [0.1, 0.15) is 9.25 Å². The number of anilines is 1. The zero-order valence-electron chi connectivity index (χ0n) is 18.0. The molecule has 1 aromatic carbocycles. The van der Waals surface area contributed by atoms with Crippen LogP contribution in [0.15, 0.2) is 51.0 Å². The van der Waals surface area contributed by atoms with Crippen LogP contribution >= 0.6 is 23.1 Å². The maximum Gasteiger partial charge on any atom is 0.273 e. The van der Waals surface area contributed by atoms with Crippen LogP contribution in [0.4, 0.5) is 5.69 Å². The average Bonchev–Trinajstić information content (AvgIpc) is 3.58. The molecule has 0 saturated carbocycles. The normalized spacial score (nSPS) is 21.0. The summed E-state index contributed by atoms with van der Waals surface area (Å²) in [5, 5.41) is 13.2. The number of aliphatic imine (C=N–C) groups is 1. The minimum Gasteiger partial charge on any atom is -0.391 e. The minimum absolute atomic E-state index is 0.0537. The second kappa shape index (κ2) is 8.79. The Bertz CT molecular complexity index is 1320. The van der Waals surface area contributed by atoms with E-state index < -0.39 is 16.1 Å². The number of aliphatic hydroxyl groups is 1. The van der Waals surface area contributed by atoms with Crippen molar-refractivity contribution < 1.29 is 18.3 Å². The van der Waals surface area contributed by atoms with Crippen molar-refractivity contribution in [1.29, 1.82) is 0 Å². The van der Waals surface area contributed by atoms with E-state index in [1.54, 1.807) is 47.3 Å². The van der Waals surface area contributed by atoms with Gasteiger partial charge in [-0.25, -0.2) is 8.42 Å². The number of thioether (sulfide) groups is 1. The summed E-state index contributed by atoms with van der Waals surface area (Å²) in [6, 6.07) is 10.8. The molecule has 33 heavy (non-hydrogen) atoms. The molecule has 3 aromatic rings. The molecule has 4 heterocycles. The number of benzene rings is 1. The number of sulfonamides is 1. The standard InChI is InChI=1S/C22H24N4O4S3/c1-25(33(29,30)20-6-3-9-31-20)18-5-2-4-14-10-17(24-21(14)18)22-23-12-16(32-22)11-19(28)26-8-7-15(27)13-26/h2-6,9-10,15-16,24,27H,7-8,11-13H2,1H3. The third-order valence-corrected chi connectivity index (χ3v) is 10.3. The van der Waals surface area contributed by atoms with Crippen LogP contribution in [-0.4, -0.2) is 72.4 Å². The van der Waals surface area contributed by atoms with Crippen LogP contribution in [-0.2, 0) is 14.8 Å². The number of thiophene rings is 1. The largest absolute Gasteiger partial charge is 0.391 e. The average molecular weight is 505 g/mol. The van der Waals surface area contributed by atoms with E-state index in [9.17, 15) is 18.3 Å². The summed E-state index contributed by atoms with van der Waals surface area (Å²) < 4.78 is 27.6. The number of aromatic amines is 1. The summed E-state index contributed by atoms with van der Waals surface area (Å²) in [6.07, 6.45) is 0.607. The second-order valence-electron chi connectivity index (χ2n) is 8.20. The first-order valence-electron chi connectivity index (χ1n) is 10.6. The third-order valence-electron chi connectivity index (χ3n) is 5.95. The van der Waals surface area contributed by atoms with Crippen LogP contribution in [0, 0.1) is 0 Å². The number of hydrogen-bond acceptors (Lipinski definition) is 7. The van der Waals surface area contributed by atoms with Crippen LogP contribution in [0.2, 0.25) is 0 Å². The number of β-amino-alcohol motifs (C(OH)–C–C–N with tert-alkyl or cyclic N) is 1. The monoisotopic (exact) mass is 504 g/mol. The summed E-state index contributed by atoms with van der Waals surface area (Å²) in [5.74, 6) is 0.0554. The van der Waals surface area contributed by atoms with E-state index in [1.807, 2.05) is 18.2 Å². The van der Waals surface area contributed by atoms with Gasteiger partial charge in [0.2, 0.25) is 5.91 Å². The first-order chi connectivity index (χ1) is 15.8. The molecule has 1 amide bonds. The SMILES string of the molecule is CN(c1cccc2cc(C3=NCC(CC(=O)N4CCC(O)C4)S3)[nH]c12)S(=O)(=O)c1cccs1. The van der Waals surface area contributed by atoms with E-state index in [-0.39, 0.29) is 11.2 Å². The molecule has 2 N–H and O–H groups in total. The second-order valence-corrected chi connectivity index (χ2v) is 12.6. The number of nitrogens with zero attached hydrogens (tertiary/aromatic N) is 3. The quantitative estimate of drug-likeness (QED) is 0.537. The Morgan fingerprint density at radius 3 is 2.91 bits per heavy atom. The van der Waals surface area contributed by atoms with Crippen LogP contribution < -0.4 is 4.31 Å². The number of hydrogen-bond donors (Lipinski definition) is 2. The van der Waals surface area contributed by atoms with E-state index in [4.69, 9.17) is 0 Å². The van der Waals surface area contributed by atoms with Gasteiger partial charge in [-0.2, -0.15) is 0 Å². The topological polar surface area (TPSA) is 106 Å². The highest BCUT2D eigenvalue weighted by molar-refractivity contribution is 8.15. The Morgan fingerprint density at radius 1 is 1.33 bits per heavy atom. The predicted molar refractivity (Wildman–Crippen MR) is 133 cm³/mol. The molecule has 2 aliphatic heterocycles. The molecule has 0 radical (unpaired) electrons. The number of aromatic nitrogens is 1. The molecule has 8 nitrogen and oxygen atoms in total. The first-order valence-corrected chi connectivity index (χ1v) is 13.8. The maximum atomic E-state index is 13.0. The number of amides is 1. The minimum atomic E-state index is -3.65. The maximum absolute atomic E-state index is 13.0. The van der Waals surface area contributed by atoms with Crippen molar-refractivity contribution in [3.8, 4) is 0 Å². The number of carbonyl (C=O) groups is 1.